The van der Waals surface area contributed by atoms with Gasteiger partial charge in [0, 0.05) is 7.05 Å². The van der Waals surface area contributed by atoms with Crippen molar-refractivity contribution in [2.24, 2.45) is 13.0 Å². The van der Waals surface area contributed by atoms with E-state index in [2.05, 4.69) is 38.5 Å². The fourth-order valence-corrected chi connectivity index (χ4v) is 4.96. The summed E-state index contributed by atoms with van der Waals surface area (Å²) in [4.78, 5) is 0. The molecule has 1 aliphatic rings. The maximum absolute atomic E-state index is 11.7. The van der Waals surface area contributed by atoms with Crippen molar-refractivity contribution < 1.29 is 8.42 Å². The van der Waals surface area contributed by atoms with Gasteiger partial charge in [-0.1, -0.05) is 12.1 Å². The summed E-state index contributed by atoms with van der Waals surface area (Å²) >= 11 is 3.40. The van der Waals surface area contributed by atoms with Crippen LogP contribution in [-0.4, -0.2) is 41.5 Å². The highest BCUT2D eigenvalue weighted by atomic mass is 79.9. The Labute approximate surface area is 122 Å². The highest BCUT2D eigenvalue weighted by Crippen LogP contribution is 2.33. The van der Waals surface area contributed by atoms with Crippen LogP contribution < -0.4 is 5.32 Å². The lowest BCUT2D eigenvalue weighted by Gasteiger charge is -2.24. The highest BCUT2D eigenvalue weighted by molar-refractivity contribution is 9.10. The second-order valence-corrected chi connectivity index (χ2v) is 7.96. The number of sulfone groups is 1. The summed E-state index contributed by atoms with van der Waals surface area (Å²) in [6, 6.07) is -0.0217. The van der Waals surface area contributed by atoms with Gasteiger partial charge in [0.1, 0.15) is 0 Å². The van der Waals surface area contributed by atoms with E-state index in [9.17, 15) is 8.42 Å². The molecule has 1 aromatic heterocycles. The quantitative estimate of drug-likeness (QED) is 0.858. The van der Waals surface area contributed by atoms with Crippen LogP contribution in [0, 0.1) is 5.92 Å². The summed E-state index contributed by atoms with van der Waals surface area (Å²) in [6.07, 6.45) is 1.69. The first-order valence-electron chi connectivity index (χ1n) is 6.43. The molecule has 1 aliphatic heterocycles. The lowest BCUT2D eigenvalue weighted by Crippen LogP contribution is -2.31. The van der Waals surface area contributed by atoms with E-state index < -0.39 is 9.84 Å². The van der Waals surface area contributed by atoms with Gasteiger partial charge in [-0.25, -0.2) is 13.1 Å². The van der Waals surface area contributed by atoms with Crippen LogP contribution in [-0.2, 0) is 16.9 Å². The number of aryl methyl sites for hydroxylation is 1. The Morgan fingerprint density at radius 3 is 2.79 bits per heavy atom. The Balaban J connectivity index is 2.26. The van der Waals surface area contributed by atoms with Crippen LogP contribution in [0.5, 0.6) is 0 Å². The molecule has 19 heavy (non-hydrogen) atoms. The molecular formula is C11H19BrN4O2S. The lowest BCUT2D eigenvalue weighted by molar-refractivity contribution is 0.372. The molecule has 1 N–H and O–H groups in total. The Kier molecular flexibility index (Phi) is 4.62. The number of hydrogen-bond acceptors (Lipinski definition) is 5. The topological polar surface area (TPSA) is 76.9 Å². The molecule has 0 aromatic carbocycles. The minimum atomic E-state index is -2.89. The van der Waals surface area contributed by atoms with E-state index in [1.54, 1.807) is 4.68 Å². The van der Waals surface area contributed by atoms with Crippen LogP contribution in [0.15, 0.2) is 4.60 Å². The van der Waals surface area contributed by atoms with E-state index in [0.717, 1.165) is 18.7 Å². The SMILES string of the molecule is CCCNC(c1c(Br)nnn1C)C1CCS(=O)(=O)C1. The van der Waals surface area contributed by atoms with Gasteiger partial charge in [-0.2, -0.15) is 0 Å². The Hall–Kier alpha value is -0.470. The van der Waals surface area contributed by atoms with Crippen LogP contribution in [0.1, 0.15) is 31.5 Å². The van der Waals surface area contributed by atoms with Crippen LogP contribution in [0.3, 0.4) is 0 Å². The summed E-state index contributed by atoms with van der Waals surface area (Å²) < 4.78 is 25.8. The van der Waals surface area contributed by atoms with E-state index >= 15 is 0 Å². The monoisotopic (exact) mass is 350 g/mol. The van der Waals surface area contributed by atoms with E-state index in [-0.39, 0.29) is 23.5 Å². The normalized spacial score (nSPS) is 23.6. The van der Waals surface area contributed by atoms with Crippen molar-refractivity contribution in [3.8, 4) is 0 Å². The second-order valence-electron chi connectivity index (χ2n) is 4.98. The standard InChI is InChI=1S/C11H19BrN4O2S/c1-3-5-13-9(8-4-6-19(17,18)7-8)10-11(12)14-15-16(10)2/h8-9,13H,3-7H2,1-2H3. The highest BCUT2D eigenvalue weighted by Gasteiger charge is 2.36. The van der Waals surface area contributed by atoms with Crippen molar-refractivity contribution in [1.82, 2.24) is 20.3 Å². The van der Waals surface area contributed by atoms with E-state index in [0.29, 0.717) is 11.0 Å². The van der Waals surface area contributed by atoms with Gasteiger partial charge in [0.2, 0.25) is 0 Å². The van der Waals surface area contributed by atoms with Gasteiger partial charge in [0.25, 0.3) is 0 Å². The van der Waals surface area contributed by atoms with Gasteiger partial charge >= 0.3 is 0 Å². The zero-order chi connectivity index (χ0) is 14.0. The number of nitrogens with zero attached hydrogens (tertiary/aromatic N) is 3. The van der Waals surface area contributed by atoms with Gasteiger partial charge < -0.3 is 5.32 Å². The zero-order valence-electron chi connectivity index (χ0n) is 11.1. The minimum Gasteiger partial charge on any atom is -0.308 e. The van der Waals surface area contributed by atoms with Gasteiger partial charge in [-0.3, -0.25) is 0 Å². The molecule has 2 rings (SSSR count). The molecule has 1 saturated heterocycles. The predicted octanol–water partition coefficient (Wildman–Crippen LogP) is 1.05. The predicted molar refractivity (Wildman–Crippen MR) is 76.5 cm³/mol. The fourth-order valence-electron chi connectivity index (χ4n) is 2.54. The molecular weight excluding hydrogens is 332 g/mol. The molecule has 1 fully saturated rings. The molecule has 2 heterocycles. The largest absolute Gasteiger partial charge is 0.308 e. The molecule has 2 atom stereocenters. The van der Waals surface area contributed by atoms with Crippen LogP contribution in [0.25, 0.3) is 0 Å². The van der Waals surface area contributed by atoms with Gasteiger partial charge in [0.15, 0.2) is 14.4 Å². The summed E-state index contributed by atoms with van der Waals surface area (Å²) in [5.74, 6) is 0.613. The second kappa shape index (κ2) is 5.88. The molecule has 6 nitrogen and oxygen atoms in total. The molecule has 1 aromatic rings. The first-order valence-corrected chi connectivity index (χ1v) is 9.05. The number of nitrogens with one attached hydrogen (secondary N) is 1. The smallest absolute Gasteiger partial charge is 0.153 e. The van der Waals surface area contributed by atoms with E-state index in [1.807, 2.05) is 7.05 Å². The van der Waals surface area contributed by atoms with Crippen LogP contribution in [0.2, 0.25) is 0 Å². The molecule has 0 saturated carbocycles. The van der Waals surface area contributed by atoms with Crippen LogP contribution in [0.4, 0.5) is 0 Å². The molecule has 0 aliphatic carbocycles. The van der Waals surface area contributed by atoms with Gasteiger partial charge in [-0.15, -0.1) is 5.10 Å². The molecule has 108 valence electrons. The Morgan fingerprint density at radius 2 is 2.32 bits per heavy atom. The third-order valence-corrected chi connectivity index (χ3v) is 5.83. The average Bonchev–Trinajstić information content (AvgIpc) is 2.86. The molecule has 0 bridgehead atoms. The maximum Gasteiger partial charge on any atom is 0.153 e. The third-order valence-electron chi connectivity index (χ3n) is 3.47. The molecule has 8 heteroatoms. The molecule has 0 spiro atoms. The zero-order valence-corrected chi connectivity index (χ0v) is 13.5. The van der Waals surface area contributed by atoms with Crippen molar-refractivity contribution in [1.29, 1.82) is 0 Å². The van der Waals surface area contributed by atoms with Crippen molar-refractivity contribution in [2.75, 3.05) is 18.1 Å². The Bertz CT molecular complexity index is 523. The summed E-state index contributed by atoms with van der Waals surface area (Å²) in [7, 11) is -1.06. The van der Waals surface area contributed by atoms with Crippen molar-refractivity contribution in [2.45, 2.75) is 25.8 Å². The van der Waals surface area contributed by atoms with Crippen molar-refractivity contribution >= 4 is 25.8 Å². The van der Waals surface area contributed by atoms with Gasteiger partial charge in [-0.05, 0) is 41.2 Å². The number of halogens is 1. The maximum atomic E-state index is 11.7. The Morgan fingerprint density at radius 1 is 1.58 bits per heavy atom. The number of rotatable bonds is 5. The molecule has 0 radical (unpaired) electrons. The first kappa shape index (κ1) is 14.9. The fraction of sp³-hybridized carbons (Fsp3) is 0.818. The van der Waals surface area contributed by atoms with Crippen LogP contribution >= 0.6 is 15.9 Å². The summed E-state index contributed by atoms with van der Waals surface area (Å²) in [6.45, 7) is 2.94. The minimum absolute atomic E-state index is 0.0217. The lowest BCUT2D eigenvalue weighted by atomic mass is 9.96. The van der Waals surface area contributed by atoms with Gasteiger partial charge in [0.05, 0.1) is 23.2 Å². The van der Waals surface area contributed by atoms with Crippen molar-refractivity contribution in [3.63, 3.8) is 0 Å². The van der Waals surface area contributed by atoms with Crippen molar-refractivity contribution in [3.05, 3.63) is 10.3 Å². The average molecular weight is 351 g/mol. The van der Waals surface area contributed by atoms with E-state index in [1.165, 1.54) is 0 Å². The summed E-state index contributed by atoms with van der Waals surface area (Å²) in [5, 5.41) is 11.4. The first-order chi connectivity index (χ1) is 8.94. The molecule has 0 amide bonds. The van der Waals surface area contributed by atoms with E-state index in [4.69, 9.17) is 0 Å². The number of aromatic nitrogens is 3. The summed E-state index contributed by atoms with van der Waals surface area (Å²) in [5.41, 5.74) is 0.926. The number of hydrogen-bond donors (Lipinski definition) is 1. The third kappa shape index (κ3) is 3.35. The molecule has 2 unspecified atom stereocenters.